The highest BCUT2D eigenvalue weighted by Gasteiger charge is 2.18. The van der Waals surface area contributed by atoms with Crippen LogP contribution in [0, 0.1) is 6.92 Å². The van der Waals surface area contributed by atoms with Crippen molar-refractivity contribution in [2.45, 2.75) is 26.9 Å². The highest BCUT2D eigenvalue weighted by molar-refractivity contribution is 6.06. The molecule has 1 amide bonds. The molecule has 1 N–H and O–H groups in total. The first-order valence-corrected chi connectivity index (χ1v) is 7.40. The van der Waals surface area contributed by atoms with E-state index in [0.29, 0.717) is 6.54 Å². The third kappa shape index (κ3) is 2.69. The molecule has 1 aliphatic heterocycles. The molecule has 0 spiro atoms. The van der Waals surface area contributed by atoms with Gasteiger partial charge in [-0.1, -0.05) is 23.8 Å². The Morgan fingerprint density at radius 2 is 1.81 bits per heavy atom. The second-order valence-electron chi connectivity index (χ2n) is 5.47. The molecule has 21 heavy (non-hydrogen) atoms. The summed E-state index contributed by atoms with van der Waals surface area (Å²) in [5.74, 6) is 0.0658. The van der Waals surface area contributed by atoms with Gasteiger partial charge in [-0.25, -0.2) is 0 Å². The van der Waals surface area contributed by atoms with E-state index in [2.05, 4.69) is 18.3 Å². The number of hydrogen-bond acceptors (Lipinski definition) is 2. The number of anilines is 1. The Bertz CT molecular complexity index is 661. The second kappa shape index (κ2) is 5.70. The van der Waals surface area contributed by atoms with Gasteiger partial charge in [-0.3, -0.25) is 4.79 Å². The average molecular weight is 280 g/mol. The molecule has 0 aliphatic carbocycles. The lowest BCUT2D eigenvalue weighted by atomic mass is 10.1. The summed E-state index contributed by atoms with van der Waals surface area (Å²) in [6.45, 7) is 6.48. The van der Waals surface area contributed by atoms with Crippen molar-refractivity contribution in [1.29, 1.82) is 0 Å². The fourth-order valence-corrected chi connectivity index (χ4v) is 2.75. The number of benzene rings is 2. The molecular weight excluding hydrogens is 260 g/mol. The van der Waals surface area contributed by atoms with Gasteiger partial charge in [-0.15, -0.1) is 0 Å². The SMILES string of the molecule is CCN(C(=O)c1ccc2c(c1)CNC2)c1ccc(C)cc1. The zero-order valence-electron chi connectivity index (χ0n) is 12.5. The topological polar surface area (TPSA) is 32.3 Å². The molecule has 0 bridgehead atoms. The fraction of sp³-hybridized carbons (Fsp3) is 0.278. The number of hydrogen-bond donors (Lipinski definition) is 1. The van der Waals surface area contributed by atoms with Gasteiger partial charge in [-0.2, -0.15) is 0 Å². The average Bonchev–Trinajstić information content (AvgIpc) is 2.97. The molecule has 1 heterocycles. The number of nitrogens with one attached hydrogen (secondary N) is 1. The summed E-state index contributed by atoms with van der Waals surface area (Å²) < 4.78 is 0. The summed E-state index contributed by atoms with van der Waals surface area (Å²) in [6.07, 6.45) is 0. The molecule has 2 aromatic carbocycles. The van der Waals surface area contributed by atoms with Crippen molar-refractivity contribution in [2.75, 3.05) is 11.4 Å². The van der Waals surface area contributed by atoms with E-state index in [9.17, 15) is 4.79 Å². The lowest BCUT2D eigenvalue weighted by molar-refractivity contribution is 0.0988. The largest absolute Gasteiger partial charge is 0.309 e. The van der Waals surface area contributed by atoms with E-state index in [4.69, 9.17) is 0 Å². The smallest absolute Gasteiger partial charge is 0.258 e. The monoisotopic (exact) mass is 280 g/mol. The molecule has 1 aliphatic rings. The zero-order chi connectivity index (χ0) is 14.8. The Hall–Kier alpha value is -2.13. The number of carbonyl (C=O) groups excluding carboxylic acids is 1. The van der Waals surface area contributed by atoms with Crippen molar-refractivity contribution in [3.63, 3.8) is 0 Å². The summed E-state index contributed by atoms with van der Waals surface area (Å²) in [4.78, 5) is 14.6. The van der Waals surface area contributed by atoms with E-state index in [1.54, 1.807) is 0 Å². The van der Waals surface area contributed by atoms with Crippen LogP contribution in [0.25, 0.3) is 0 Å². The predicted molar refractivity (Wildman–Crippen MR) is 85.5 cm³/mol. The minimum Gasteiger partial charge on any atom is -0.309 e. The summed E-state index contributed by atoms with van der Waals surface area (Å²) in [6, 6.07) is 14.1. The molecule has 3 rings (SSSR count). The summed E-state index contributed by atoms with van der Waals surface area (Å²) >= 11 is 0. The van der Waals surface area contributed by atoms with Gasteiger partial charge in [0, 0.05) is 30.9 Å². The summed E-state index contributed by atoms with van der Waals surface area (Å²) in [5.41, 5.74) is 5.45. The molecule has 0 atom stereocenters. The fourth-order valence-electron chi connectivity index (χ4n) is 2.75. The van der Waals surface area contributed by atoms with Crippen molar-refractivity contribution in [3.8, 4) is 0 Å². The van der Waals surface area contributed by atoms with Gasteiger partial charge in [0.05, 0.1) is 0 Å². The standard InChI is InChI=1S/C18H20N2O/c1-3-20(17-8-4-13(2)5-9-17)18(21)14-6-7-15-11-19-12-16(15)10-14/h4-10,19H,3,11-12H2,1-2H3. The van der Waals surface area contributed by atoms with Gasteiger partial charge in [0.1, 0.15) is 0 Å². The third-order valence-corrected chi connectivity index (χ3v) is 3.99. The molecule has 0 aromatic heterocycles. The maximum absolute atomic E-state index is 12.8. The van der Waals surface area contributed by atoms with Crippen molar-refractivity contribution in [3.05, 3.63) is 64.7 Å². The van der Waals surface area contributed by atoms with Crippen LogP contribution in [0.15, 0.2) is 42.5 Å². The van der Waals surface area contributed by atoms with Crippen LogP contribution in [-0.4, -0.2) is 12.5 Å². The van der Waals surface area contributed by atoms with E-state index >= 15 is 0 Å². The number of carbonyl (C=O) groups is 1. The van der Waals surface area contributed by atoms with Gasteiger partial charge in [0.2, 0.25) is 0 Å². The number of nitrogens with zero attached hydrogens (tertiary/aromatic N) is 1. The molecule has 0 saturated carbocycles. The molecule has 0 radical (unpaired) electrons. The Morgan fingerprint density at radius 3 is 2.52 bits per heavy atom. The van der Waals surface area contributed by atoms with E-state index in [1.165, 1.54) is 16.7 Å². The van der Waals surface area contributed by atoms with E-state index in [1.807, 2.05) is 48.2 Å². The predicted octanol–water partition coefficient (Wildman–Crippen LogP) is 3.26. The number of aryl methyl sites for hydroxylation is 1. The normalized spacial score (nSPS) is 13.0. The summed E-state index contributed by atoms with van der Waals surface area (Å²) in [5, 5.41) is 3.31. The molecule has 2 aromatic rings. The first kappa shape index (κ1) is 13.8. The zero-order valence-corrected chi connectivity index (χ0v) is 12.5. The van der Waals surface area contributed by atoms with Crippen LogP contribution >= 0.6 is 0 Å². The third-order valence-electron chi connectivity index (χ3n) is 3.99. The van der Waals surface area contributed by atoms with Crippen LogP contribution in [0.5, 0.6) is 0 Å². The molecule has 0 unspecified atom stereocenters. The first-order chi connectivity index (χ1) is 10.2. The Labute approximate surface area is 125 Å². The molecule has 108 valence electrons. The lowest BCUT2D eigenvalue weighted by Crippen LogP contribution is -2.30. The van der Waals surface area contributed by atoms with Gasteiger partial charge in [0.15, 0.2) is 0 Å². The van der Waals surface area contributed by atoms with E-state index in [-0.39, 0.29) is 5.91 Å². The van der Waals surface area contributed by atoms with Crippen LogP contribution in [0.1, 0.15) is 34.0 Å². The van der Waals surface area contributed by atoms with Gasteiger partial charge in [0.25, 0.3) is 5.91 Å². The lowest BCUT2D eigenvalue weighted by Gasteiger charge is -2.21. The Kier molecular flexibility index (Phi) is 3.76. The van der Waals surface area contributed by atoms with Crippen molar-refractivity contribution >= 4 is 11.6 Å². The van der Waals surface area contributed by atoms with Gasteiger partial charge in [-0.05, 0) is 49.2 Å². The quantitative estimate of drug-likeness (QED) is 0.936. The second-order valence-corrected chi connectivity index (χ2v) is 5.47. The van der Waals surface area contributed by atoms with Crippen LogP contribution in [0.2, 0.25) is 0 Å². The Balaban J connectivity index is 1.90. The van der Waals surface area contributed by atoms with Crippen LogP contribution in [0.4, 0.5) is 5.69 Å². The first-order valence-electron chi connectivity index (χ1n) is 7.40. The minimum absolute atomic E-state index is 0.0658. The molecule has 0 fully saturated rings. The molecule has 0 saturated heterocycles. The number of fused-ring (bicyclic) bond motifs is 1. The molecule has 3 heteroatoms. The highest BCUT2D eigenvalue weighted by Crippen LogP contribution is 2.21. The highest BCUT2D eigenvalue weighted by atomic mass is 16.2. The number of rotatable bonds is 3. The van der Waals surface area contributed by atoms with Crippen LogP contribution in [-0.2, 0) is 13.1 Å². The number of amides is 1. The maximum atomic E-state index is 12.8. The Morgan fingerprint density at radius 1 is 1.10 bits per heavy atom. The van der Waals surface area contributed by atoms with Crippen molar-refractivity contribution in [1.82, 2.24) is 5.32 Å². The van der Waals surface area contributed by atoms with E-state index < -0.39 is 0 Å². The van der Waals surface area contributed by atoms with Gasteiger partial charge >= 0.3 is 0 Å². The molecule has 3 nitrogen and oxygen atoms in total. The van der Waals surface area contributed by atoms with E-state index in [0.717, 1.165) is 24.3 Å². The summed E-state index contributed by atoms with van der Waals surface area (Å²) in [7, 11) is 0. The van der Waals surface area contributed by atoms with Crippen LogP contribution in [0.3, 0.4) is 0 Å². The van der Waals surface area contributed by atoms with Crippen LogP contribution < -0.4 is 10.2 Å². The van der Waals surface area contributed by atoms with Crippen molar-refractivity contribution in [2.24, 2.45) is 0 Å². The van der Waals surface area contributed by atoms with Crippen molar-refractivity contribution < 1.29 is 4.79 Å². The maximum Gasteiger partial charge on any atom is 0.258 e. The molecular formula is C18H20N2O. The minimum atomic E-state index is 0.0658. The van der Waals surface area contributed by atoms with Gasteiger partial charge < -0.3 is 10.2 Å².